The van der Waals surface area contributed by atoms with E-state index in [9.17, 15) is 9.90 Å². The largest absolute Gasteiger partial charge is 0.394 e. The van der Waals surface area contributed by atoms with Crippen molar-refractivity contribution in [3.63, 3.8) is 0 Å². The highest BCUT2D eigenvalue weighted by Gasteiger charge is 2.31. The minimum absolute atomic E-state index is 0.0429. The second-order valence-corrected chi connectivity index (χ2v) is 5.34. The van der Waals surface area contributed by atoms with E-state index < -0.39 is 0 Å². The number of rotatable bonds is 3. The van der Waals surface area contributed by atoms with Crippen LogP contribution in [-0.2, 0) is 17.9 Å². The van der Waals surface area contributed by atoms with Gasteiger partial charge in [0.15, 0.2) is 0 Å². The van der Waals surface area contributed by atoms with Gasteiger partial charge in [0.05, 0.1) is 24.9 Å². The molecule has 1 aliphatic heterocycles. The lowest BCUT2D eigenvalue weighted by Crippen LogP contribution is -2.41. The molecule has 1 aromatic heterocycles. The van der Waals surface area contributed by atoms with Crippen LogP contribution >= 0.6 is 0 Å². The van der Waals surface area contributed by atoms with Gasteiger partial charge in [-0.25, -0.2) is 0 Å². The lowest BCUT2D eigenvalue weighted by Gasteiger charge is -2.28. The molecule has 2 aliphatic rings. The van der Waals surface area contributed by atoms with Gasteiger partial charge in [-0.05, 0) is 31.2 Å². The number of hydrogen-bond donors (Lipinski definition) is 1. The zero-order valence-electron chi connectivity index (χ0n) is 10.5. The van der Waals surface area contributed by atoms with Gasteiger partial charge in [-0.1, -0.05) is 0 Å². The van der Waals surface area contributed by atoms with Crippen LogP contribution in [0.25, 0.3) is 0 Å². The van der Waals surface area contributed by atoms with Crippen LogP contribution in [0.3, 0.4) is 0 Å². The van der Waals surface area contributed by atoms with Crippen molar-refractivity contribution in [2.75, 3.05) is 6.61 Å². The molecule has 1 unspecified atom stereocenters. The Morgan fingerprint density at radius 3 is 3.00 bits per heavy atom. The number of hydrogen-bond acceptors (Lipinski definition) is 3. The number of carbonyl (C=O) groups is 1. The molecular formula is C13H19N3O2. The fourth-order valence-electron chi connectivity index (χ4n) is 2.59. The molecule has 5 nitrogen and oxygen atoms in total. The van der Waals surface area contributed by atoms with Crippen molar-refractivity contribution in [1.29, 1.82) is 0 Å². The second-order valence-electron chi connectivity index (χ2n) is 5.34. The summed E-state index contributed by atoms with van der Waals surface area (Å²) < 4.78 is 1.94. The fraction of sp³-hybridized carbons (Fsp3) is 0.692. The molecule has 0 radical (unpaired) electrons. The van der Waals surface area contributed by atoms with Crippen molar-refractivity contribution in [2.24, 2.45) is 5.92 Å². The Bertz CT molecular complexity index is 439. The van der Waals surface area contributed by atoms with Crippen molar-refractivity contribution >= 4 is 5.91 Å². The Morgan fingerprint density at radius 1 is 1.44 bits per heavy atom. The number of fused-ring (bicyclic) bond motifs is 1. The Hall–Kier alpha value is -1.36. The Labute approximate surface area is 106 Å². The van der Waals surface area contributed by atoms with Gasteiger partial charge in [0.1, 0.15) is 0 Å². The number of aryl methyl sites for hydroxylation is 1. The van der Waals surface area contributed by atoms with Crippen molar-refractivity contribution in [2.45, 2.75) is 44.8 Å². The SMILES string of the molecule is O=C(CC1CC1)N1Cc2ccnn2CCC1CO. The second kappa shape index (κ2) is 4.72. The topological polar surface area (TPSA) is 58.4 Å². The van der Waals surface area contributed by atoms with Gasteiger partial charge in [0.2, 0.25) is 5.91 Å². The molecule has 1 amide bonds. The van der Waals surface area contributed by atoms with E-state index in [0.717, 1.165) is 18.7 Å². The highest BCUT2D eigenvalue weighted by molar-refractivity contribution is 5.77. The molecule has 3 rings (SSSR count). The van der Waals surface area contributed by atoms with Gasteiger partial charge in [0, 0.05) is 19.2 Å². The van der Waals surface area contributed by atoms with Gasteiger partial charge in [-0.3, -0.25) is 9.48 Å². The highest BCUT2D eigenvalue weighted by atomic mass is 16.3. The van der Waals surface area contributed by atoms with Gasteiger partial charge >= 0.3 is 0 Å². The molecule has 18 heavy (non-hydrogen) atoms. The normalized spacial score (nSPS) is 23.6. The van der Waals surface area contributed by atoms with Crippen LogP contribution in [0.2, 0.25) is 0 Å². The molecule has 98 valence electrons. The van der Waals surface area contributed by atoms with E-state index in [4.69, 9.17) is 0 Å². The number of nitrogens with zero attached hydrogens (tertiary/aromatic N) is 3. The Kier molecular flexibility index (Phi) is 3.07. The summed E-state index contributed by atoms with van der Waals surface area (Å²) in [4.78, 5) is 14.1. The van der Waals surface area contributed by atoms with E-state index in [2.05, 4.69) is 5.10 Å². The molecule has 1 fully saturated rings. The molecule has 0 saturated heterocycles. The van der Waals surface area contributed by atoms with Crippen LogP contribution < -0.4 is 0 Å². The molecule has 1 aromatic rings. The Balaban J connectivity index is 1.77. The van der Waals surface area contributed by atoms with E-state index in [1.807, 2.05) is 15.6 Å². The molecule has 1 saturated carbocycles. The number of aliphatic hydroxyl groups excluding tert-OH is 1. The molecular weight excluding hydrogens is 230 g/mol. The van der Waals surface area contributed by atoms with Crippen LogP contribution in [0.1, 0.15) is 31.4 Å². The third kappa shape index (κ3) is 2.27. The first-order valence-corrected chi connectivity index (χ1v) is 6.69. The third-order valence-corrected chi connectivity index (χ3v) is 3.94. The molecule has 0 aromatic carbocycles. The van der Waals surface area contributed by atoms with E-state index in [0.29, 0.717) is 18.9 Å². The lowest BCUT2D eigenvalue weighted by atomic mass is 10.1. The van der Waals surface area contributed by atoms with E-state index >= 15 is 0 Å². The minimum Gasteiger partial charge on any atom is -0.394 e. The number of aliphatic hydroxyl groups is 1. The molecule has 0 bridgehead atoms. The maximum atomic E-state index is 12.3. The number of carbonyl (C=O) groups excluding carboxylic acids is 1. The summed E-state index contributed by atoms with van der Waals surface area (Å²) in [7, 11) is 0. The predicted octanol–water partition coefficient (Wildman–Crippen LogP) is 0.776. The third-order valence-electron chi connectivity index (χ3n) is 3.94. The molecule has 1 aliphatic carbocycles. The maximum absolute atomic E-state index is 12.3. The van der Waals surface area contributed by atoms with Gasteiger partial charge in [0.25, 0.3) is 0 Å². The van der Waals surface area contributed by atoms with Crippen LogP contribution in [0, 0.1) is 5.92 Å². The van der Waals surface area contributed by atoms with Crippen molar-refractivity contribution in [3.05, 3.63) is 18.0 Å². The average Bonchev–Trinajstić information content (AvgIpc) is 3.10. The summed E-state index contributed by atoms with van der Waals surface area (Å²) in [6.45, 7) is 1.40. The van der Waals surface area contributed by atoms with Crippen LogP contribution in [0.15, 0.2) is 12.3 Å². The monoisotopic (exact) mass is 249 g/mol. The summed E-state index contributed by atoms with van der Waals surface area (Å²) in [6, 6.07) is 1.90. The molecule has 2 heterocycles. The summed E-state index contributed by atoms with van der Waals surface area (Å²) in [5.74, 6) is 0.774. The number of aromatic nitrogens is 2. The van der Waals surface area contributed by atoms with Gasteiger partial charge < -0.3 is 10.0 Å². The molecule has 0 spiro atoms. The fourth-order valence-corrected chi connectivity index (χ4v) is 2.59. The van der Waals surface area contributed by atoms with Crippen molar-refractivity contribution in [1.82, 2.24) is 14.7 Å². The van der Waals surface area contributed by atoms with Crippen LogP contribution in [0.4, 0.5) is 0 Å². The van der Waals surface area contributed by atoms with Crippen LogP contribution in [0.5, 0.6) is 0 Å². The predicted molar refractivity (Wildman–Crippen MR) is 65.6 cm³/mol. The first-order chi connectivity index (χ1) is 8.78. The smallest absolute Gasteiger partial charge is 0.223 e. The van der Waals surface area contributed by atoms with Crippen LogP contribution in [-0.4, -0.2) is 38.3 Å². The minimum atomic E-state index is -0.0575. The molecule has 5 heteroatoms. The maximum Gasteiger partial charge on any atom is 0.223 e. The van der Waals surface area contributed by atoms with E-state index in [1.165, 1.54) is 12.8 Å². The summed E-state index contributed by atoms with van der Waals surface area (Å²) in [5, 5.41) is 13.7. The molecule has 1 atom stereocenters. The van der Waals surface area contributed by atoms with E-state index in [1.54, 1.807) is 6.20 Å². The van der Waals surface area contributed by atoms with Gasteiger partial charge in [-0.2, -0.15) is 5.10 Å². The zero-order chi connectivity index (χ0) is 12.5. The van der Waals surface area contributed by atoms with Crippen molar-refractivity contribution in [3.8, 4) is 0 Å². The zero-order valence-corrected chi connectivity index (χ0v) is 10.5. The first kappa shape index (κ1) is 11.7. The quantitative estimate of drug-likeness (QED) is 0.861. The first-order valence-electron chi connectivity index (χ1n) is 6.69. The average molecular weight is 249 g/mol. The van der Waals surface area contributed by atoms with E-state index in [-0.39, 0.29) is 18.6 Å². The Morgan fingerprint density at radius 2 is 2.28 bits per heavy atom. The molecule has 1 N–H and O–H groups in total. The van der Waals surface area contributed by atoms with Crippen molar-refractivity contribution < 1.29 is 9.90 Å². The summed E-state index contributed by atoms with van der Waals surface area (Å²) >= 11 is 0. The van der Waals surface area contributed by atoms with Gasteiger partial charge in [-0.15, -0.1) is 0 Å². The summed E-state index contributed by atoms with van der Waals surface area (Å²) in [6.07, 6.45) is 5.56. The highest BCUT2D eigenvalue weighted by Crippen LogP contribution is 2.33. The summed E-state index contributed by atoms with van der Waals surface area (Å²) in [5.41, 5.74) is 1.06. The lowest BCUT2D eigenvalue weighted by molar-refractivity contribution is -0.135. The number of amides is 1. The standard InChI is InChI=1S/C13H19N3O2/c17-9-12-4-6-16-11(3-5-14-16)8-15(12)13(18)7-10-1-2-10/h3,5,10,12,17H,1-2,4,6-9H2.